The number of nitrogens with zero attached hydrogens (tertiary/aromatic N) is 3. The number of benzene rings is 2. The highest BCUT2D eigenvalue weighted by molar-refractivity contribution is 5.84. The number of carbonyl (C=O) groups is 2. The molecule has 1 fully saturated rings. The van der Waals surface area contributed by atoms with Crippen molar-refractivity contribution in [2.24, 2.45) is 5.92 Å². The largest absolute Gasteiger partial charge is 0.484 e. The summed E-state index contributed by atoms with van der Waals surface area (Å²) < 4.78 is 7.85. The Hall–Kier alpha value is -3.87. The number of fused-ring (bicyclic) bond motifs is 4. The van der Waals surface area contributed by atoms with E-state index >= 15 is 0 Å². The van der Waals surface area contributed by atoms with Crippen LogP contribution in [0.25, 0.3) is 22.2 Å². The topological polar surface area (TPSA) is 80.2 Å². The summed E-state index contributed by atoms with van der Waals surface area (Å²) in [5.74, 6) is 0.902. The summed E-state index contributed by atoms with van der Waals surface area (Å²) in [6.07, 6.45) is 7.43. The van der Waals surface area contributed by atoms with E-state index in [0.29, 0.717) is 38.1 Å². The van der Waals surface area contributed by atoms with Crippen LogP contribution in [-0.4, -0.2) is 50.8 Å². The Morgan fingerprint density at radius 2 is 1.94 bits per heavy atom. The minimum atomic E-state index is -0.0344. The van der Waals surface area contributed by atoms with Gasteiger partial charge >= 0.3 is 0 Å². The number of hydrogen-bond acceptors (Lipinski definition) is 4. The molecule has 0 bridgehead atoms. The Kier molecular flexibility index (Phi) is 5.17. The summed E-state index contributed by atoms with van der Waals surface area (Å²) in [6, 6.07) is 16.0. The van der Waals surface area contributed by atoms with Gasteiger partial charge in [0.05, 0.1) is 24.3 Å². The molecule has 0 radical (unpaired) electrons. The van der Waals surface area contributed by atoms with Gasteiger partial charge in [0.25, 0.3) is 5.91 Å². The van der Waals surface area contributed by atoms with Crippen molar-refractivity contribution in [3.8, 4) is 17.0 Å². The number of imidazole rings is 1. The highest BCUT2D eigenvalue weighted by Crippen LogP contribution is 2.41. The first-order valence-corrected chi connectivity index (χ1v) is 11.8. The molecule has 4 heterocycles. The first-order valence-electron chi connectivity index (χ1n) is 11.8. The number of hydrogen-bond donors (Lipinski definition) is 1. The molecule has 172 valence electrons. The lowest BCUT2D eigenvalue weighted by atomic mass is 9.87. The number of amides is 1. The van der Waals surface area contributed by atoms with Gasteiger partial charge in [-0.25, -0.2) is 4.98 Å². The molecule has 0 aliphatic carbocycles. The highest BCUT2D eigenvalue weighted by atomic mass is 16.5. The van der Waals surface area contributed by atoms with Gasteiger partial charge in [-0.3, -0.25) is 9.59 Å². The van der Waals surface area contributed by atoms with Gasteiger partial charge in [0.2, 0.25) is 0 Å². The molecule has 0 spiro atoms. The number of piperidine rings is 1. The van der Waals surface area contributed by atoms with E-state index in [0.717, 1.165) is 22.2 Å². The molecule has 2 aliphatic heterocycles. The third kappa shape index (κ3) is 3.67. The first-order chi connectivity index (χ1) is 16.7. The molecule has 2 aromatic carbocycles. The van der Waals surface area contributed by atoms with Crippen molar-refractivity contribution >= 4 is 22.6 Å². The van der Waals surface area contributed by atoms with Gasteiger partial charge in [0.1, 0.15) is 11.5 Å². The summed E-state index contributed by atoms with van der Waals surface area (Å²) in [7, 11) is 0. The Morgan fingerprint density at radius 3 is 2.82 bits per heavy atom. The fourth-order valence-corrected chi connectivity index (χ4v) is 5.31. The number of rotatable bonds is 6. The van der Waals surface area contributed by atoms with E-state index in [-0.39, 0.29) is 30.3 Å². The monoisotopic (exact) mass is 454 g/mol. The molecule has 1 saturated heterocycles. The average Bonchev–Trinajstić information content (AvgIpc) is 3.60. The average molecular weight is 455 g/mol. The number of ketones is 1. The van der Waals surface area contributed by atoms with E-state index in [1.54, 1.807) is 0 Å². The van der Waals surface area contributed by atoms with Gasteiger partial charge in [-0.15, -0.1) is 0 Å². The van der Waals surface area contributed by atoms with Gasteiger partial charge in [-0.2, -0.15) is 0 Å². The molecular formula is C27H26N4O3. The second kappa shape index (κ2) is 8.48. The number of Topliss-reactive ketones (excluding diaryl/α,β-unsaturated/α-hetero) is 1. The lowest BCUT2D eigenvalue weighted by Crippen LogP contribution is -2.42. The van der Waals surface area contributed by atoms with Crippen LogP contribution in [0.1, 0.15) is 30.9 Å². The predicted octanol–water partition coefficient (Wildman–Crippen LogP) is 4.21. The normalized spacial score (nSPS) is 17.5. The number of nitrogens with one attached hydrogen (secondary N) is 1. The number of H-pyrrole nitrogens is 1. The van der Waals surface area contributed by atoms with Crippen LogP contribution >= 0.6 is 0 Å². The van der Waals surface area contributed by atoms with Crippen LogP contribution in [0.4, 0.5) is 0 Å². The molecular weight excluding hydrogens is 428 g/mol. The summed E-state index contributed by atoms with van der Waals surface area (Å²) in [4.78, 5) is 35.1. The molecule has 1 atom stereocenters. The lowest BCUT2D eigenvalue weighted by molar-refractivity contribution is -0.136. The van der Waals surface area contributed by atoms with Crippen molar-refractivity contribution in [1.82, 2.24) is 19.4 Å². The molecule has 34 heavy (non-hydrogen) atoms. The van der Waals surface area contributed by atoms with E-state index in [2.05, 4.69) is 26.7 Å². The number of aromatic nitrogens is 3. The van der Waals surface area contributed by atoms with Crippen molar-refractivity contribution in [3.05, 3.63) is 72.8 Å². The van der Waals surface area contributed by atoms with Crippen LogP contribution in [0, 0.1) is 5.92 Å². The van der Waals surface area contributed by atoms with Crippen LogP contribution < -0.4 is 4.74 Å². The molecule has 1 unspecified atom stereocenters. The number of aromatic amines is 1. The predicted molar refractivity (Wildman–Crippen MR) is 129 cm³/mol. The molecule has 2 aliphatic rings. The second-order valence-corrected chi connectivity index (χ2v) is 9.13. The molecule has 0 saturated carbocycles. The van der Waals surface area contributed by atoms with Crippen molar-refractivity contribution < 1.29 is 14.3 Å². The van der Waals surface area contributed by atoms with E-state index in [4.69, 9.17) is 4.74 Å². The molecule has 7 nitrogen and oxygen atoms in total. The molecule has 6 rings (SSSR count). The van der Waals surface area contributed by atoms with Crippen LogP contribution in [0.5, 0.6) is 5.75 Å². The zero-order chi connectivity index (χ0) is 23.1. The Morgan fingerprint density at radius 1 is 1.09 bits per heavy atom. The number of likely N-dealkylation sites (tertiary alicyclic amines) is 1. The van der Waals surface area contributed by atoms with E-state index < -0.39 is 0 Å². The van der Waals surface area contributed by atoms with Crippen LogP contribution in [0.15, 0.2) is 67.3 Å². The fraction of sp³-hybridized carbons (Fsp3) is 0.296. The first kappa shape index (κ1) is 20.7. The Bertz CT molecular complexity index is 1360. The van der Waals surface area contributed by atoms with Crippen LogP contribution in [0.2, 0.25) is 0 Å². The molecule has 1 N–H and O–H groups in total. The SMILES string of the molecule is O=C(CC1c2ccccc2-c2cncn21)C1CCN(C(=O)COc2ccc3[nH]ccc3c2)CC1. The van der Waals surface area contributed by atoms with Gasteiger partial charge in [-0.05, 0) is 42.7 Å². The number of carbonyl (C=O) groups excluding carboxylic acids is 2. The molecule has 2 aromatic heterocycles. The van der Waals surface area contributed by atoms with Crippen LogP contribution in [-0.2, 0) is 9.59 Å². The smallest absolute Gasteiger partial charge is 0.260 e. The maximum Gasteiger partial charge on any atom is 0.260 e. The van der Waals surface area contributed by atoms with E-state index in [1.165, 1.54) is 5.56 Å². The van der Waals surface area contributed by atoms with E-state index in [9.17, 15) is 9.59 Å². The standard InChI is InChI=1S/C27H26N4O3/c32-26(14-24-21-3-1-2-4-22(21)25-15-28-17-31(24)25)18-8-11-30(12-9-18)27(33)16-34-20-5-6-23-19(13-20)7-10-29-23/h1-7,10,13,15,17-18,24,29H,8-9,11-12,14,16H2. The molecule has 7 heteroatoms. The lowest BCUT2D eigenvalue weighted by Gasteiger charge is -2.31. The summed E-state index contributed by atoms with van der Waals surface area (Å²) >= 11 is 0. The third-order valence-corrected chi connectivity index (χ3v) is 7.18. The fourth-order valence-electron chi connectivity index (χ4n) is 5.31. The summed E-state index contributed by atoms with van der Waals surface area (Å²) in [6.45, 7) is 1.19. The van der Waals surface area contributed by atoms with Crippen molar-refractivity contribution in [3.63, 3.8) is 0 Å². The quantitative estimate of drug-likeness (QED) is 0.473. The molecule has 4 aromatic rings. The highest BCUT2D eigenvalue weighted by Gasteiger charge is 2.33. The maximum atomic E-state index is 13.2. The van der Waals surface area contributed by atoms with Gasteiger partial charge in [0, 0.05) is 48.1 Å². The van der Waals surface area contributed by atoms with Gasteiger partial charge < -0.3 is 19.2 Å². The van der Waals surface area contributed by atoms with Crippen molar-refractivity contribution in [1.29, 1.82) is 0 Å². The third-order valence-electron chi connectivity index (χ3n) is 7.18. The van der Waals surface area contributed by atoms with Crippen molar-refractivity contribution in [2.75, 3.05) is 19.7 Å². The van der Waals surface area contributed by atoms with Crippen LogP contribution in [0.3, 0.4) is 0 Å². The zero-order valence-corrected chi connectivity index (χ0v) is 18.8. The second-order valence-electron chi connectivity index (χ2n) is 9.13. The summed E-state index contributed by atoms with van der Waals surface area (Å²) in [5, 5.41) is 1.05. The zero-order valence-electron chi connectivity index (χ0n) is 18.8. The minimum absolute atomic E-state index is 0.00614. The number of ether oxygens (including phenoxy) is 1. The molecule has 1 amide bonds. The van der Waals surface area contributed by atoms with Gasteiger partial charge in [0.15, 0.2) is 6.61 Å². The Balaban J connectivity index is 1.03. The van der Waals surface area contributed by atoms with Crippen molar-refractivity contribution in [2.45, 2.75) is 25.3 Å². The Labute approximate surface area is 197 Å². The maximum absolute atomic E-state index is 13.2. The van der Waals surface area contributed by atoms with E-state index in [1.807, 2.05) is 60.0 Å². The minimum Gasteiger partial charge on any atom is -0.484 e. The van der Waals surface area contributed by atoms with Gasteiger partial charge in [-0.1, -0.05) is 24.3 Å². The summed E-state index contributed by atoms with van der Waals surface area (Å²) in [5.41, 5.74) is 4.46.